The van der Waals surface area contributed by atoms with E-state index in [1.165, 1.54) is 0 Å². The number of amides is 1. The number of carbonyl (C=O) groups is 1. The summed E-state index contributed by atoms with van der Waals surface area (Å²) in [4.78, 5) is 13.0. The average Bonchev–Trinajstić information content (AvgIpc) is 3.27. The lowest BCUT2D eigenvalue weighted by Crippen LogP contribution is -2.24. The van der Waals surface area contributed by atoms with Crippen LogP contribution in [0.5, 0.6) is 17.2 Å². The smallest absolute Gasteiger partial charge is 0.232 e. The molecule has 152 valence electrons. The second-order valence-corrected chi connectivity index (χ2v) is 6.13. The molecule has 1 heterocycles. The number of hydrogen-bond donors (Lipinski definition) is 1. The summed E-state index contributed by atoms with van der Waals surface area (Å²) in [5.74, 6) is 1.24. The maximum absolute atomic E-state index is 13.0. The lowest BCUT2D eigenvalue weighted by molar-refractivity contribution is -0.117. The van der Waals surface area contributed by atoms with E-state index < -0.39 is 5.92 Å². The topological polar surface area (TPSA) is 110 Å². The first-order chi connectivity index (χ1) is 14.1. The molecule has 1 atom stereocenters. The Morgan fingerprint density at radius 3 is 2.48 bits per heavy atom. The third kappa shape index (κ3) is 5.01. The number of ether oxygens (including phenoxy) is 3. The number of benzene rings is 2. The maximum Gasteiger partial charge on any atom is 0.232 e. The van der Waals surface area contributed by atoms with Crippen molar-refractivity contribution in [2.24, 2.45) is 0 Å². The molecular weight excluding hydrogens is 374 g/mol. The van der Waals surface area contributed by atoms with Gasteiger partial charge in [0.25, 0.3) is 0 Å². The molecule has 0 unspecified atom stereocenters. The van der Waals surface area contributed by atoms with E-state index in [4.69, 9.17) is 14.2 Å². The largest absolute Gasteiger partial charge is 0.494 e. The van der Waals surface area contributed by atoms with Gasteiger partial charge in [-0.25, -0.2) is 0 Å². The Labute approximate surface area is 168 Å². The highest BCUT2D eigenvalue weighted by Crippen LogP contribution is 2.30. The summed E-state index contributed by atoms with van der Waals surface area (Å²) in [7, 11) is 3.13. The quantitative estimate of drug-likeness (QED) is 0.586. The molecule has 3 rings (SSSR count). The minimum atomic E-state index is -0.672. The summed E-state index contributed by atoms with van der Waals surface area (Å²) in [6.45, 7) is 2.49. The molecular formula is C20H22N5O4-. The Kier molecular flexibility index (Phi) is 6.62. The fourth-order valence-electron chi connectivity index (χ4n) is 2.87. The fraction of sp³-hybridized carbons (Fsp3) is 0.300. The number of carbonyl (C=O) groups excluding carboxylic acids is 1. The lowest BCUT2D eigenvalue weighted by atomic mass is 9.97. The Balaban J connectivity index is 1.79. The number of anilines is 1. The minimum absolute atomic E-state index is 0.253. The summed E-state index contributed by atoms with van der Waals surface area (Å²) in [6.07, 6.45) is 0.344. The van der Waals surface area contributed by atoms with Gasteiger partial charge >= 0.3 is 0 Å². The van der Waals surface area contributed by atoms with Crippen LogP contribution in [0.3, 0.4) is 0 Å². The number of tetrazole rings is 1. The Bertz CT molecular complexity index is 929. The molecule has 1 amide bonds. The van der Waals surface area contributed by atoms with Gasteiger partial charge in [0.05, 0.1) is 26.7 Å². The van der Waals surface area contributed by atoms with Crippen LogP contribution in [0, 0.1) is 0 Å². The first-order valence-electron chi connectivity index (χ1n) is 9.07. The van der Waals surface area contributed by atoms with Gasteiger partial charge in [0.1, 0.15) is 5.75 Å². The molecule has 0 radical (unpaired) electrons. The molecule has 0 aliphatic heterocycles. The van der Waals surface area contributed by atoms with Crippen LogP contribution in [0.2, 0.25) is 0 Å². The molecule has 9 heteroatoms. The molecule has 0 spiro atoms. The van der Waals surface area contributed by atoms with Crippen molar-refractivity contribution in [2.75, 3.05) is 26.1 Å². The number of methoxy groups -OCH3 is 2. The number of hydrogen-bond acceptors (Lipinski definition) is 7. The van der Waals surface area contributed by atoms with Gasteiger partial charge in [0, 0.05) is 11.5 Å². The highest BCUT2D eigenvalue weighted by Gasteiger charge is 2.22. The van der Waals surface area contributed by atoms with Gasteiger partial charge in [-0.2, -0.15) is 5.21 Å². The van der Waals surface area contributed by atoms with Crippen LogP contribution >= 0.6 is 0 Å². The van der Waals surface area contributed by atoms with Gasteiger partial charge in [-0.05, 0) is 55.3 Å². The predicted octanol–water partition coefficient (Wildman–Crippen LogP) is 2.21. The van der Waals surface area contributed by atoms with E-state index in [1.54, 1.807) is 44.6 Å². The average molecular weight is 396 g/mol. The van der Waals surface area contributed by atoms with Crippen LogP contribution in [0.1, 0.15) is 24.2 Å². The van der Waals surface area contributed by atoms with Gasteiger partial charge < -0.3 is 24.6 Å². The van der Waals surface area contributed by atoms with E-state index in [0.29, 0.717) is 30.2 Å². The van der Waals surface area contributed by atoms with Crippen LogP contribution in [-0.2, 0) is 11.2 Å². The standard InChI is InChI=1S/C20H23N5O4/c1-4-29-15-8-6-14(7-9-15)21-20(26)16(19-22-24-25-23-19)11-13-5-10-17(27-2)18(12-13)28-3/h5-10,12,16H,4,11H2,1-3H3,(H2,21,22,23,24,25,26)/p-1/t16-/m0/s1. The summed E-state index contributed by atoms with van der Waals surface area (Å²) in [5, 5.41) is 17.7. The third-order valence-corrected chi connectivity index (χ3v) is 4.28. The molecule has 0 saturated carbocycles. The lowest BCUT2D eigenvalue weighted by Gasteiger charge is -2.18. The summed E-state index contributed by atoms with van der Waals surface area (Å²) in [5.41, 5.74) is 1.50. The molecule has 29 heavy (non-hydrogen) atoms. The first-order valence-corrected chi connectivity index (χ1v) is 9.07. The molecule has 0 bridgehead atoms. The normalized spacial score (nSPS) is 11.6. The highest BCUT2D eigenvalue weighted by molar-refractivity contribution is 5.95. The van der Waals surface area contributed by atoms with E-state index in [0.717, 1.165) is 11.3 Å². The van der Waals surface area contributed by atoms with E-state index in [2.05, 4.69) is 25.9 Å². The van der Waals surface area contributed by atoms with Gasteiger partial charge in [-0.15, -0.1) is 0 Å². The summed E-state index contributed by atoms with van der Waals surface area (Å²) in [6, 6.07) is 12.6. The van der Waals surface area contributed by atoms with Crippen molar-refractivity contribution in [3.05, 3.63) is 53.9 Å². The van der Waals surface area contributed by atoms with Gasteiger partial charge in [-0.1, -0.05) is 6.07 Å². The number of rotatable bonds is 9. The summed E-state index contributed by atoms with van der Waals surface area (Å²) < 4.78 is 16.0. The zero-order chi connectivity index (χ0) is 20.6. The second-order valence-electron chi connectivity index (χ2n) is 6.13. The van der Waals surface area contributed by atoms with E-state index in [-0.39, 0.29) is 11.7 Å². The molecule has 1 N–H and O–H groups in total. The SMILES string of the molecule is CCOc1ccc(NC(=O)[C@@H](Cc2ccc(OC)c(OC)c2)c2nnn[n-]2)cc1. The molecule has 0 fully saturated rings. The van der Waals surface area contributed by atoms with Crippen molar-refractivity contribution in [3.8, 4) is 17.2 Å². The summed E-state index contributed by atoms with van der Waals surface area (Å²) >= 11 is 0. The molecule has 0 aliphatic carbocycles. The predicted molar refractivity (Wildman–Crippen MR) is 105 cm³/mol. The molecule has 2 aromatic carbocycles. The maximum atomic E-state index is 13.0. The zero-order valence-electron chi connectivity index (χ0n) is 16.5. The van der Waals surface area contributed by atoms with Crippen molar-refractivity contribution in [3.63, 3.8) is 0 Å². The van der Waals surface area contributed by atoms with E-state index in [9.17, 15) is 4.79 Å². The molecule has 9 nitrogen and oxygen atoms in total. The minimum Gasteiger partial charge on any atom is -0.494 e. The third-order valence-electron chi connectivity index (χ3n) is 4.28. The Hall–Kier alpha value is -3.62. The first kappa shape index (κ1) is 20.1. The second kappa shape index (κ2) is 9.54. The van der Waals surface area contributed by atoms with Crippen LogP contribution in [0.25, 0.3) is 0 Å². The number of aromatic nitrogens is 4. The van der Waals surface area contributed by atoms with Crippen molar-refractivity contribution >= 4 is 11.6 Å². The van der Waals surface area contributed by atoms with Crippen molar-refractivity contribution in [1.29, 1.82) is 0 Å². The van der Waals surface area contributed by atoms with Gasteiger partial charge in [0.15, 0.2) is 11.5 Å². The van der Waals surface area contributed by atoms with Gasteiger partial charge in [0.2, 0.25) is 5.91 Å². The van der Waals surface area contributed by atoms with Crippen LogP contribution < -0.4 is 24.6 Å². The fourth-order valence-corrected chi connectivity index (χ4v) is 2.87. The monoisotopic (exact) mass is 396 g/mol. The van der Waals surface area contributed by atoms with Crippen molar-refractivity contribution < 1.29 is 19.0 Å². The molecule has 3 aromatic rings. The van der Waals surface area contributed by atoms with E-state index in [1.807, 2.05) is 19.1 Å². The molecule has 0 aliphatic rings. The van der Waals surface area contributed by atoms with Crippen molar-refractivity contribution in [2.45, 2.75) is 19.3 Å². The molecule has 1 aromatic heterocycles. The number of nitrogens with one attached hydrogen (secondary N) is 1. The van der Waals surface area contributed by atoms with E-state index >= 15 is 0 Å². The Morgan fingerprint density at radius 2 is 1.86 bits per heavy atom. The van der Waals surface area contributed by atoms with Crippen molar-refractivity contribution in [1.82, 2.24) is 20.6 Å². The van der Waals surface area contributed by atoms with Crippen LogP contribution in [0.4, 0.5) is 5.69 Å². The van der Waals surface area contributed by atoms with Crippen LogP contribution in [-0.4, -0.2) is 42.3 Å². The van der Waals surface area contributed by atoms with Crippen LogP contribution in [0.15, 0.2) is 42.5 Å². The zero-order valence-corrected chi connectivity index (χ0v) is 16.5. The Morgan fingerprint density at radius 1 is 1.10 bits per heavy atom. The van der Waals surface area contributed by atoms with Gasteiger partial charge in [-0.3, -0.25) is 15.1 Å². The number of nitrogens with zero attached hydrogens (tertiary/aromatic N) is 4. The molecule has 0 saturated heterocycles. The highest BCUT2D eigenvalue weighted by atomic mass is 16.5.